The zero-order valence-corrected chi connectivity index (χ0v) is 11.0. The molecule has 0 amide bonds. The van der Waals surface area contributed by atoms with Gasteiger partial charge >= 0.3 is 0 Å². The quantitative estimate of drug-likeness (QED) is 0.679. The summed E-state index contributed by atoms with van der Waals surface area (Å²) >= 11 is 0. The first-order valence-electron chi connectivity index (χ1n) is 6.09. The van der Waals surface area contributed by atoms with Crippen LogP contribution >= 0.6 is 0 Å². The molecule has 5 nitrogen and oxygen atoms in total. The molecule has 0 unspecified atom stereocenters. The second-order valence-electron chi connectivity index (χ2n) is 4.20. The summed E-state index contributed by atoms with van der Waals surface area (Å²) in [6.45, 7) is 9.51. The van der Waals surface area contributed by atoms with Crippen molar-refractivity contribution in [1.82, 2.24) is 9.47 Å². The van der Waals surface area contributed by atoms with Crippen molar-refractivity contribution in [2.45, 2.75) is 13.1 Å². The lowest BCUT2D eigenvalue weighted by atomic mass is 10.2. The van der Waals surface area contributed by atoms with Crippen molar-refractivity contribution in [2.75, 3.05) is 19.7 Å². The summed E-state index contributed by atoms with van der Waals surface area (Å²) in [5.74, 6) is -0.309. The summed E-state index contributed by atoms with van der Waals surface area (Å²) in [7, 11) is 0. The van der Waals surface area contributed by atoms with Crippen LogP contribution in [0.15, 0.2) is 42.4 Å². The molecule has 2 N–H and O–H groups in total. The number of hydrogen-bond acceptors (Lipinski definition) is 4. The van der Waals surface area contributed by atoms with E-state index in [1.807, 2.05) is 4.90 Å². The molecule has 5 heteroatoms. The molecule has 1 rings (SSSR count). The third-order valence-corrected chi connectivity index (χ3v) is 2.70. The fourth-order valence-corrected chi connectivity index (χ4v) is 1.85. The highest BCUT2D eigenvalue weighted by molar-refractivity contribution is 5.20. The Balaban J connectivity index is 3.02. The van der Waals surface area contributed by atoms with Gasteiger partial charge < -0.3 is 14.8 Å². The molecular formula is C14H20N2O3. The highest BCUT2D eigenvalue weighted by Gasteiger charge is 2.09. The highest BCUT2D eigenvalue weighted by atomic mass is 16.3. The molecule has 1 aromatic rings. The Hall–Kier alpha value is -1.85. The van der Waals surface area contributed by atoms with Crippen molar-refractivity contribution in [2.24, 2.45) is 0 Å². The van der Waals surface area contributed by atoms with Crippen LogP contribution < -0.4 is 5.43 Å². The Labute approximate surface area is 112 Å². The molecular weight excluding hydrogens is 244 g/mol. The van der Waals surface area contributed by atoms with E-state index >= 15 is 0 Å². The Morgan fingerprint density at radius 3 is 2.47 bits per heavy atom. The van der Waals surface area contributed by atoms with Crippen molar-refractivity contribution in [3.63, 3.8) is 0 Å². The number of rotatable bonds is 8. The van der Waals surface area contributed by atoms with Gasteiger partial charge in [-0.05, 0) is 0 Å². The van der Waals surface area contributed by atoms with Gasteiger partial charge in [-0.25, -0.2) is 0 Å². The standard InChI is InChI=1S/C14H20N2O3/c1-3-5-15(6-4-2)10-12-9-13(18)14(19)11-16(12)7-8-17/h3-4,9,11,17,19H,1-2,5-8,10H2. The van der Waals surface area contributed by atoms with Crippen molar-refractivity contribution in [3.8, 4) is 5.75 Å². The summed E-state index contributed by atoms with van der Waals surface area (Å²) in [6, 6.07) is 1.39. The fourth-order valence-electron chi connectivity index (χ4n) is 1.85. The molecule has 0 saturated carbocycles. The minimum Gasteiger partial charge on any atom is -0.503 e. The van der Waals surface area contributed by atoms with Gasteiger partial charge in [0, 0.05) is 37.9 Å². The molecule has 0 saturated heterocycles. The van der Waals surface area contributed by atoms with Gasteiger partial charge in [0.2, 0.25) is 5.43 Å². The largest absolute Gasteiger partial charge is 0.503 e. The van der Waals surface area contributed by atoms with Gasteiger partial charge in [-0.1, -0.05) is 12.2 Å². The maximum Gasteiger partial charge on any atom is 0.223 e. The lowest BCUT2D eigenvalue weighted by Gasteiger charge is -2.21. The van der Waals surface area contributed by atoms with Gasteiger partial charge in [0.05, 0.1) is 12.8 Å². The molecule has 0 aliphatic heterocycles. The van der Waals surface area contributed by atoms with E-state index in [-0.39, 0.29) is 12.4 Å². The molecule has 104 valence electrons. The van der Waals surface area contributed by atoms with Crippen molar-refractivity contribution in [3.05, 3.63) is 53.5 Å². The lowest BCUT2D eigenvalue weighted by molar-refractivity contribution is 0.264. The number of aliphatic hydroxyl groups is 1. The van der Waals surface area contributed by atoms with E-state index in [1.165, 1.54) is 12.3 Å². The van der Waals surface area contributed by atoms with Crippen LogP contribution in [0.4, 0.5) is 0 Å². The van der Waals surface area contributed by atoms with Crippen LogP contribution in [0.25, 0.3) is 0 Å². The van der Waals surface area contributed by atoms with Crippen molar-refractivity contribution in [1.29, 1.82) is 0 Å². The fraction of sp³-hybridized carbons (Fsp3) is 0.357. The second-order valence-corrected chi connectivity index (χ2v) is 4.20. The molecule has 0 aliphatic carbocycles. The van der Waals surface area contributed by atoms with Gasteiger partial charge in [0.15, 0.2) is 5.75 Å². The highest BCUT2D eigenvalue weighted by Crippen LogP contribution is 2.08. The molecule has 0 fully saturated rings. The second kappa shape index (κ2) is 7.56. The average molecular weight is 264 g/mol. The predicted octanol–water partition coefficient (Wildman–Crippen LogP) is 0.720. The number of hydrogen-bond donors (Lipinski definition) is 2. The number of aliphatic hydroxyl groups excluding tert-OH is 1. The SMILES string of the molecule is C=CCN(CC=C)Cc1cc(=O)c(O)cn1CCO. The van der Waals surface area contributed by atoms with Crippen molar-refractivity contribution >= 4 is 0 Å². The van der Waals surface area contributed by atoms with E-state index in [1.54, 1.807) is 16.7 Å². The molecule has 0 spiro atoms. The van der Waals surface area contributed by atoms with Crippen LogP contribution in [-0.4, -0.2) is 39.4 Å². The maximum absolute atomic E-state index is 11.5. The topological polar surface area (TPSA) is 65.7 Å². The Bertz CT molecular complexity index is 484. The van der Waals surface area contributed by atoms with Gasteiger partial charge in [0.1, 0.15) is 0 Å². The zero-order chi connectivity index (χ0) is 14.3. The van der Waals surface area contributed by atoms with Crippen LogP contribution in [0.2, 0.25) is 0 Å². The molecule has 1 aromatic heterocycles. The van der Waals surface area contributed by atoms with Crippen LogP contribution in [0, 0.1) is 0 Å². The molecule has 1 heterocycles. The zero-order valence-electron chi connectivity index (χ0n) is 11.0. The monoisotopic (exact) mass is 264 g/mol. The first-order chi connectivity index (χ1) is 9.12. The summed E-state index contributed by atoms with van der Waals surface area (Å²) in [5.41, 5.74) is 0.321. The molecule has 0 aromatic carbocycles. The minimum absolute atomic E-state index is 0.0573. The molecule has 19 heavy (non-hydrogen) atoms. The third-order valence-electron chi connectivity index (χ3n) is 2.70. The summed E-state index contributed by atoms with van der Waals surface area (Å²) < 4.78 is 1.68. The Morgan fingerprint density at radius 1 is 1.32 bits per heavy atom. The van der Waals surface area contributed by atoms with Crippen LogP contribution in [-0.2, 0) is 13.1 Å². The number of aromatic hydroxyl groups is 1. The molecule has 0 radical (unpaired) electrons. The smallest absolute Gasteiger partial charge is 0.223 e. The van der Waals surface area contributed by atoms with Crippen LogP contribution in [0.3, 0.4) is 0 Å². The summed E-state index contributed by atoms with van der Waals surface area (Å²) in [4.78, 5) is 13.6. The maximum atomic E-state index is 11.5. The van der Waals surface area contributed by atoms with E-state index in [2.05, 4.69) is 13.2 Å². The number of aromatic nitrogens is 1. The van der Waals surface area contributed by atoms with Gasteiger partial charge in [-0.3, -0.25) is 9.69 Å². The van der Waals surface area contributed by atoms with E-state index in [4.69, 9.17) is 5.11 Å². The lowest BCUT2D eigenvalue weighted by Crippen LogP contribution is -2.27. The van der Waals surface area contributed by atoms with E-state index < -0.39 is 5.43 Å². The average Bonchev–Trinajstić information content (AvgIpc) is 2.36. The molecule has 0 bridgehead atoms. The summed E-state index contributed by atoms with van der Waals surface area (Å²) in [6.07, 6.45) is 4.91. The Kier molecular flexibility index (Phi) is 6.05. The third kappa shape index (κ3) is 4.39. The van der Waals surface area contributed by atoms with Gasteiger partial charge in [-0.15, -0.1) is 13.2 Å². The van der Waals surface area contributed by atoms with Crippen LogP contribution in [0.5, 0.6) is 5.75 Å². The number of pyridine rings is 1. The first kappa shape index (κ1) is 15.2. The molecule has 0 atom stereocenters. The van der Waals surface area contributed by atoms with Gasteiger partial charge in [-0.2, -0.15) is 0 Å². The Morgan fingerprint density at radius 2 is 1.95 bits per heavy atom. The van der Waals surface area contributed by atoms with E-state index in [9.17, 15) is 9.90 Å². The predicted molar refractivity (Wildman–Crippen MR) is 75.1 cm³/mol. The van der Waals surface area contributed by atoms with Crippen LogP contribution in [0.1, 0.15) is 5.69 Å². The van der Waals surface area contributed by atoms with E-state index in [0.717, 1.165) is 5.69 Å². The number of nitrogens with zero attached hydrogens (tertiary/aromatic N) is 2. The molecule has 0 aliphatic rings. The minimum atomic E-state index is -0.415. The van der Waals surface area contributed by atoms with Gasteiger partial charge in [0.25, 0.3) is 0 Å². The summed E-state index contributed by atoms with van der Waals surface area (Å²) in [5, 5.41) is 18.4. The van der Waals surface area contributed by atoms with E-state index in [0.29, 0.717) is 26.2 Å². The normalized spacial score (nSPS) is 10.6. The first-order valence-corrected chi connectivity index (χ1v) is 6.09. The van der Waals surface area contributed by atoms with Crippen molar-refractivity contribution < 1.29 is 10.2 Å².